The molecule has 0 aromatic heterocycles. The number of aromatic hydroxyl groups is 2. The van der Waals surface area contributed by atoms with Gasteiger partial charge in [-0.15, -0.1) is 0 Å². The zero-order valence-corrected chi connectivity index (χ0v) is 10.2. The Labute approximate surface area is 107 Å². The molecule has 1 aromatic rings. The van der Waals surface area contributed by atoms with Gasteiger partial charge in [0.25, 0.3) is 0 Å². The summed E-state index contributed by atoms with van der Waals surface area (Å²) in [5, 5.41) is 18.4. The lowest BCUT2D eigenvalue weighted by Crippen LogP contribution is -2.18. The Hall–Kier alpha value is -2.18. The largest absolute Gasteiger partial charge is 0.504 e. The van der Waals surface area contributed by atoms with Crippen molar-refractivity contribution in [2.75, 3.05) is 14.1 Å². The second kappa shape index (κ2) is 5.21. The molecular formula is C12H12F3NO3. The molecule has 0 unspecified atom stereocenters. The van der Waals surface area contributed by atoms with Gasteiger partial charge in [-0.1, -0.05) is 0 Å². The molecule has 7 heteroatoms. The summed E-state index contributed by atoms with van der Waals surface area (Å²) >= 11 is 0. The Bertz CT molecular complexity index is 522. The molecule has 0 spiro atoms. The highest BCUT2D eigenvalue weighted by Gasteiger charge is 2.35. The molecule has 2 N–H and O–H groups in total. The number of phenolic OH excluding ortho intramolecular Hbond substituents is 2. The predicted molar refractivity (Wildman–Crippen MR) is 62.5 cm³/mol. The van der Waals surface area contributed by atoms with Crippen molar-refractivity contribution in [1.29, 1.82) is 0 Å². The van der Waals surface area contributed by atoms with Crippen LogP contribution in [0.4, 0.5) is 13.2 Å². The van der Waals surface area contributed by atoms with Gasteiger partial charge in [0.2, 0.25) is 5.91 Å². The van der Waals surface area contributed by atoms with Crippen LogP contribution in [-0.4, -0.2) is 35.1 Å². The molecule has 0 radical (unpaired) electrons. The van der Waals surface area contributed by atoms with Crippen molar-refractivity contribution < 1.29 is 28.2 Å². The first-order chi connectivity index (χ1) is 8.62. The summed E-state index contributed by atoms with van der Waals surface area (Å²) in [6.07, 6.45) is -2.61. The summed E-state index contributed by atoms with van der Waals surface area (Å²) in [5.41, 5.74) is -1.40. The van der Waals surface area contributed by atoms with Crippen molar-refractivity contribution in [3.8, 4) is 11.5 Å². The number of hydrogen-bond acceptors (Lipinski definition) is 3. The highest BCUT2D eigenvalue weighted by Crippen LogP contribution is 2.41. The maximum Gasteiger partial charge on any atom is 0.420 e. The van der Waals surface area contributed by atoms with E-state index in [1.54, 1.807) is 0 Å². The monoisotopic (exact) mass is 275 g/mol. The summed E-state index contributed by atoms with van der Waals surface area (Å²) in [7, 11) is 2.98. The number of alkyl halides is 3. The smallest absolute Gasteiger partial charge is 0.420 e. The molecule has 1 aromatic carbocycles. The fraction of sp³-hybridized carbons (Fsp3) is 0.250. The zero-order chi connectivity index (χ0) is 14.8. The number of hydrogen-bond donors (Lipinski definition) is 2. The third-order valence-electron chi connectivity index (χ3n) is 2.28. The number of likely N-dealkylation sites (N-methyl/N-ethyl adjacent to an activating group) is 1. The van der Waals surface area contributed by atoms with E-state index in [4.69, 9.17) is 5.11 Å². The van der Waals surface area contributed by atoms with Crippen molar-refractivity contribution in [1.82, 2.24) is 4.90 Å². The van der Waals surface area contributed by atoms with Gasteiger partial charge in [0.15, 0.2) is 11.5 Å². The summed E-state index contributed by atoms with van der Waals surface area (Å²) < 4.78 is 37.7. The minimum Gasteiger partial charge on any atom is -0.504 e. The first kappa shape index (κ1) is 14.9. The molecule has 0 saturated carbocycles. The quantitative estimate of drug-likeness (QED) is 0.642. The van der Waals surface area contributed by atoms with Crippen LogP contribution in [0.25, 0.3) is 6.08 Å². The summed E-state index contributed by atoms with van der Waals surface area (Å²) in [5.74, 6) is -2.54. The third-order valence-corrected chi connectivity index (χ3v) is 2.28. The molecular weight excluding hydrogens is 263 g/mol. The highest BCUT2D eigenvalue weighted by atomic mass is 19.4. The number of amides is 1. The number of rotatable bonds is 2. The van der Waals surface area contributed by atoms with E-state index in [9.17, 15) is 23.1 Å². The molecule has 4 nitrogen and oxygen atoms in total. The second-order valence-corrected chi connectivity index (χ2v) is 4.00. The molecule has 104 valence electrons. The van der Waals surface area contributed by atoms with Crippen LogP contribution in [-0.2, 0) is 11.0 Å². The van der Waals surface area contributed by atoms with Gasteiger partial charge in [-0.05, 0) is 23.8 Å². The van der Waals surface area contributed by atoms with E-state index in [0.717, 1.165) is 18.2 Å². The average Bonchev–Trinajstić information content (AvgIpc) is 2.28. The second-order valence-electron chi connectivity index (χ2n) is 4.00. The number of carbonyl (C=O) groups is 1. The fourth-order valence-electron chi connectivity index (χ4n) is 1.27. The summed E-state index contributed by atoms with van der Waals surface area (Å²) in [6, 6.07) is 1.58. The van der Waals surface area contributed by atoms with Crippen LogP contribution >= 0.6 is 0 Å². The normalized spacial score (nSPS) is 11.8. The molecule has 0 aliphatic rings. The Kier molecular flexibility index (Phi) is 4.08. The SMILES string of the molecule is CN(C)C(=O)/C=C/c1cc(O)c(O)c(C(F)(F)F)c1. The number of halogens is 3. The topological polar surface area (TPSA) is 60.8 Å². The zero-order valence-electron chi connectivity index (χ0n) is 10.2. The van der Waals surface area contributed by atoms with E-state index in [-0.39, 0.29) is 5.56 Å². The van der Waals surface area contributed by atoms with Gasteiger partial charge in [-0.2, -0.15) is 13.2 Å². The van der Waals surface area contributed by atoms with Crippen LogP contribution in [0, 0.1) is 0 Å². The molecule has 0 atom stereocenters. The molecule has 0 aliphatic carbocycles. The van der Waals surface area contributed by atoms with Gasteiger partial charge < -0.3 is 15.1 Å². The van der Waals surface area contributed by atoms with E-state index in [1.807, 2.05) is 0 Å². The number of carbonyl (C=O) groups excluding carboxylic acids is 1. The Morgan fingerprint density at radius 3 is 2.32 bits per heavy atom. The van der Waals surface area contributed by atoms with Crippen molar-refractivity contribution in [3.05, 3.63) is 29.3 Å². The Morgan fingerprint density at radius 1 is 1.26 bits per heavy atom. The fourth-order valence-corrected chi connectivity index (χ4v) is 1.27. The van der Waals surface area contributed by atoms with E-state index in [0.29, 0.717) is 6.07 Å². The first-order valence-corrected chi connectivity index (χ1v) is 5.15. The summed E-state index contributed by atoms with van der Waals surface area (Å²) in [6.45, 7) is 0. The molecule has 1 rings (SSSR count). The van der Waals surface area contributed by atoms with Crippen molar-refractivity contribution >= 4 is 12.0 Å². The van der Waals surface area contributed by atoms with Crippen molar-refractivity contribution in [3.63, 3.8) is 0 Å². The highest BCUT2D eigenvalue weighted by molar-refractivity contribution is 5.91. The Balaban J connectivity index is 3.18. The summed E-state index contributed by atoms with van der Waals surface area (Å²) in [4.78, 5) is 12.5. The maximum atomic E-state index is 12.6. The third kappa shape index (κ3) is 3.64. The van der Waals surface area contributed by atoms with Gasteiger partial charge >= 0.3 is 6.18 Å². The average molecular weight is 275 g/mol. The van der Waals surface area contributed by atoms with E-state index in [2.05, 4.69) is 0 Å². The maximum absolute atomic E-state index is 12.6. The van der Waals surface area contributed by atoms with Gasteiger partial charge in [-0.3, -0.25) is 4.79 Å². The molecule has 0 bridgehead atoms. The number of benzene rings is 1. The van der Waals surface area contributed by atoms with E-state index >= 15 is 0 Å². The van der Waals surface area contributed by atoms with E-state index < -0.39 is 29.1 Å². The van der Waals surface area contributed by atoms with Crippen LogP contribution < -0.4 is 0 Å². The van der Waals surface area contributed by atoms with Gasteiger partial charge in [0, 0.05) is 20.2 Å². The minimum absolute atomic E-state index is 0.0437. The first-order valence-electron chi connectivity index (χ1n) is 5.15. The lowest BCUT2D eigenvalue weighted by molar-refractivity contribution is -0.139. The van der Waals surface area contributed by atoms with Gasteiger partial charge in [-0.25, -0.2) is 0 Å². The predicted octanol–water partition coefficient (Wildman–Crippen LogP) is 2.22. The molecule has 1 amide bonds. The van der Waals surface area contributed by atoms with Crippen molar-refractivity contribution in [2.45, 2.75) is 6.18 Å². The van der Waals surface area contributed by atoms with E-state index in [1.165, 1.54) is 19.0 Å². The van der Waals surface area contributed by atoms with Crippen LogP contribution in [0.5, 0.6) is 11.5 Å². The number of nitrogens with zero attached hydrogens (tertiary/aromatic N) is 1. The lowest BCUT2D eigenvalue weighted by atomic mass is 10.1. The van der Waals surface area contributed by atoms with Crippen LogP contribution in [0.2, 0.25) is 0 Å². The molecule has 0 heterocycles. The van der Waals surface area contributed by atoms with Crippen LogP contribution in [0.1, 0.15) is 11.1 Å². The molecule has 0 saturated heterocycles. The standard InChI is InChI=1S/C12H12F3NO3/c1-16(2)10(18)4-3-7-5-8(12(13,14)15)11(19)9(17)6-7/h3-6,17,19H,1-2H3/b4-3+. The van der Waals surface area contributed by atoms with Gasteiger partial charge in [0.05, 0.1) is 0 Å². The van der Waals surface area contributed by atoms with Crippen LogP contribution in [0.15, 0.2) is 18.2 Å². The van der Waals surface area contributed by atoms with Gasteiger partial charge in [0.1, 0.15) is 5.56 Å². The minimum atomic E-state index is -4.79. The van der Waals surface area contributed by atoms with Crippen LogP contribution in [0.3, 0.4) is 0 Å². The Morgan fingerprint density at radius 2 is 1.84 bits per heavy atom. The molecule has 19 heavy (non-hydrogen) atoms. The number of phenols is 2. The van der Waals surface area contributed by atoms with Crippen molar-refractivity contribution in [2.24, 2.45) is 0 Å². The lowest BCUT2D eigenvalue weighted by Gasteiger charge is -2.11. The molecule has 0 fully saturated rings. The molecule has 0 aliphatic heterocycles.